The van der Waals surface area contributed by atoms with Gasteiger partial charge in [0.05, 0.1) is 0 Å². The number of hydrogen-bond acceptors (Lipinski definition) is 3. The summed E-state index contributed by atoms with van der Waals surface area (Å²) in [6.07, 6.45) is 2.50. The maximum Gasteiger partial charge on any atom is 0.354 e. The third-order valence-electron chi connectivity index (χ3n) is 1.09. The molecule has 0 aromatic carbocycles. The molecule has 5 nitrogen and oxygen atoms in total. The van der Waals surface area contributed by atoms with Gasteiger partial charge in [-0.2, -0.15) is 0 Å². The molecular weight excluding hydrogens is 184 g/mol. The SMILES string of the molecule is C=CC(N)=O.O=C(O)c1ccccn1. The van der Waals surface area contributed by atoms with Crippen molar-refractivity contribution in [1.29, 1.82) is 0 Å². The van der Waals surface area contributed by atoms with E-state index < -0.39 is 11.9 Å². The summed E-state index contributed by atoms with van der Waals surface area (Å²) >= 11 is 0. The molecule has 0 atom stereocenters. The zero-order chi connectivity index (χ0) is 11.0. The second-order valence-corrected chi connectivity index (χ2v) is 2.13. The van der Waals surface area contributed by atoms with Crippen LogP contribution in [0.3, 0.4) is 0 Å². The van der Waals surface area contributed by atoms with Crippen LogP contribution in [0, 0.1) is 0 Å². The molecule has 3 N–H and O–H groups in total. The summed E-state index contributed by atoms with van der Waals surface area (Å²) in [5.41, 5.74) is 4.62. The number of carboxylic acid groups (broad SMARTS) is 1. The van der Waals surface area contributed by atoms with Crippen molar-refractivity contribution in [2.24, 2.45) is 5.73 Å². The fourth-order valence-corrected chi connectivity index (χ4v) is 0.489. The quantitative estimate of drug-likeness (QED) is 0.668. The molecule has 14 heavy (non-hydrogen) atoms. The van der Waals surface area contributed by atoms with Gasteiger partial charge in [-0.25, -0.2) is 9.78 Å². The minimum absolute atomic E-state index is 0.0810. The normalized spacial score (nSPS) is 8.00. The van der Waals surface area contributed by atoms with E-state index in [0.29, 0.717) is 0 Å². The number of carbonyl (C=O) groups is 2. The van der Waals surface area contributed by atoms with Crippen molar-refractivity contribution in [3.8, 4) is 0 Å². The first-order chi connectivity index (χ1) is 6.57. The summed E-state index contributed by atoms with van der Waals surface area (Å²) in [4.78, 5) is 23.2. The fourth-order valence-electron chi connectivity index (χ4n) is 0.489. The number of aromatic carboxylic acids is 1. The van der Waals surface area contributed by atoms with E-state index in [-0.39, 0.29) is 5.69 Å². The molecule has 0 saturated carbocycles. The van der Waals surface area contributed by atoms with Gasteiger partial charge in [0.15, 0.2) is 0 Å². The number of rotatable bonds is 2. The molecule has 5 heteroatoms. The molecule has 0 aliphatic heterocycles. The Morgan fingerprint density at radius 1 is 1.50 bits per heavy atom. The predicted octanol–water partition coefficient (Wildman–Crippen LogP) is 0.438. The third-order valence-corrected chi connectivity index (χ3v) is 1.09. The van der Waals surface area contributed by atoms with Crippen LogP contribution in [0.15, 0.2) is 37.1 Å². The van der Waals surface area contributed by atoms with Gasteiger partial charge < -0.3 is 10.8 Å². The van der Waals surface area contributed by atoms with E-state index in [1.165, 1.54) is 12.3 Å². The van der Waals surface area contributed by atoms with Gasteiger partial charge in [-0.15, -0.1) is 0 Å². The lowest BCUT2D eigenvalue weighted by Gasteiger charge is -1.87. The smallest absolute Gasteiger partial charge is 0.354 e. The van der Waals surface area contributed by atoms with Crippen LogP contribution in [-0.2, 0) is 4.79 Å². The minimum Gasteiger partial charge on any atom is -0.477 e. The molecule has 0 aliphatic carbocycles. The first kappa shape index (κ1) is 11.8. The van der Waals surface area contributed by atoms with Gasteiger partial charge in [-0.05, 0) is 18.2 Å². The van der Waals surface area contributed by atoms with E-state index in [9.17, 15) is 9.59 Å². The molecule has 1 rings (SSSR count). The van der Waals surface area contributed by atoms with Crippen molar-refractivity contribution in [1.82, 2.24) is 4.98 Å². The van der Waals surface area contributed by atoms with Crippen LogP contribution >= 0.6 is 0 Å². The summed E-state index contributed by atoms with van der Waals surface area (Å²) < 4.78 is 0. The topological polar surface area (TPSA) is 93.3 Å². The third kappa shape index (κ3) is 5.48. The van der Waals surface area contributed by atoms with Gasteiger partial charge >= 0.3 is 5.97 Å². The van der Waals surface area contributed by atoms with E-state index in [1.807, 2.05) is 0 Å². The molecule has 1 amide bonds. The van der Waals surface area contributed by atoms with E-state index in [2.05, 4.69) is 17.3 Å². The first-order valence-electron chi connectivity index (χ1n) is 3.64. The van der Waals surface area contributed by atoms with Gasteiger partial charge in [0.2, 0.25) is 5.91 Å². The number of nitrogens with zero attached hydrogens (tertiary/aromatic N) is 1. The van der Waals surface area contributed by atoms with Gasteiger partial charge in [-0.3, -0.25) is 4.79 Å². The molecule has 0 spiro atoms. The molecule has 0 unspecified atom stereocenters. The van der Waals surface area contributed by atoms with Crippen LogP contribution in [0.5, 0.6) is 0 Å². The lowest BCUT2D eigenvalue weighted by atomic mass is 10.4. The van der Waals surface area contributed by atoms with Crippen LogP contribution in [-0.4, -0.2) is 22.0 Å². The summed E-state index contributed by atoms with van der Waals surface area (Å²) in [5, 5.41) is 8.32. The molecule has 1 aromatic rings. The Balaban J connectivity index is 0.000000292. The molecule has 0 bridgehead atoms. The number of carbonyl (C=O) groups excluding carboxylic acids is 1. The summed E-state index contributed by atoms with van der Waals surface area (Å²) in [6, 6.07) is 4.76. The largest absolute Gasteiger partial charge is 0.477 e. The zero-order valence-corrected chi connectivity index (χ0v) is 7.38. The Morgan fingerprint density at radius 3 is 2.29 bits per heavy atom. The van der Waals surface area contributed by atoms with Crippen molar-refractivity contribution in [2.45, 2.75) is 0 Å². The van der Waals surface area contributed by atoms with Gasteiger partial charge in [0.1, 0.15) is 5.69 Å². The van der Waals surface area contributed by atoms with Gasteiger partial charge in [0.25, 0.3) is 0 Å². The van der Waals surface area contributed by atoms with Crippen LogP contribution in [0.4, 0.5) is 0 Å². The summed E-state index contributed by atoms with van der Waals surface area (Å²) in [7, 11) is 0. The Morgan fingerprint density at radius 2 is 2.07 bits per heavy atom. The maximum atomic E-state index is 10.1. The number of aromatic nitrogens is 1. The summed E-state index contributed by atoms with van der Waals surface area (Å²) in [5.74, 6) is -1.47. The highest BCUT2D eigenvalue weighted by molar-refractivity contribution is 5.85. The second kappa shape index (κ2) is 6.36. The highest BCUT2D eigenvalue weighted by Gasteiger charge is 1.98. The van der Waals surface area contributed by atoms with Crippen LogP contribution in [0.2, 0.25) is 0 Å². The van der Waals surface area contributed by atoms with E-state index >= 15 is 0 Å². The molecule has 0 saturated heterocycles. The van der Waals surface area contributed by atoms with E-state index in [0.717, 1.165) is 6.08 Å². The Hall–Kier alpha value is -2.17. The number of hydrogen-bond donors (Lipinski definition) is 2. The van der Waals surface area contributed by atoms with Crippen molar-refractivity contribution < 1.29 is 14.7 Å². The van der Waals surface area contributed by atoms with E-state index in [4.69, 9.17) is 5.11 Å². The fraction of sp³-hybridized carbons (Fsp3) is 0. The molecule has 0 radical (unpaired) electrons. The zero-order valence-electron chi connectivity index (χ0n) is 7.38. The van der Waals surface area contributed by atoms with Gasteiger partial charge in [-0.1, -0.05) is 12.6 Å². The number of carboxylic acids is 1. The van der Waals surface area contributed by atoms with E-state index in [1.54, 1.807) is 12.1 Å². The second-order valence-electron chi connectivity index (χ2n) is 2.13. The number of nitrogens with two attached hydrogens (primary N) is 1. The standard InChI is InChI=1S/C6H5NO2.C3H5NO/c8-6(9)5-3-1-2-4-7-5;1-2-3(4)5/h1-4H,(H,8,9);2H,1H2,(H2,4,5). The Labute approximate surface area is 80.9 Å². The van der Waals surface area contributed by atoms with Crippen molar-refractivity contribution in [2.75, 3.05) is 0 Å². The average molecular weight is 194 g/mol. The Bertz CT molecular complexity index is 322. The lowest BCUT2D eigenvalue weighted by Crippen LogP contribution is -2.04. The average Bonchev–Trinajstić information content (AvgIpc) is 2.20. The van der Waals surface area contributed by atoms with Crippen LogP contribution < -0.4 is 5.73 Å². The van der Waals surface area contributed by atoms with Crippen molar-refractivity contribution in [3.05, 3.63) is 42.7 Å². The minimum atomic E-state index is -0.990. The highest BCUT2D eigenvalue weighted by atomic mass is 16.4. The molecular formula is C9H10N2O3. The monoisotopic (exact) mass is 194 g/mol. The maximum absolute atomic E-state index is 10.1. The first-order valence-corrected chi connectivity index (χ1v) is 3.64. The predicted molar refractivity (Wildman–Crippen MR) is 50.6 cm³/mol. The van der Waals surface area contributed by atoms with Crippen molar-refractivity contribution >= 4 is 11.9 Å². The van der Waals surface area contributed by atoms with Gasteiger partial charge in [0, 0.05) is 6.20 Å². The lowest BCUT2D eigenvalue weighted by molar-refractivity contribution is -0.113. The Kier molecular flexibility index (Phi) is 5.37. The number of pyridine rings is 1. The number of primary amides is 1. The summed E-state index contributed by atoms with van der Waals surface area (Å²) in [6.45, 7) is 3.09. The van der Waals surface area contributed by atoms with Crippen LogP contribution in [0.25, 0.3) is 0 Å². The molecule has 74 valence electrons. The molecule has 0 fully saturated rings. The van der Waals surface area contributed by atoms with Crippen LogP contribution in [0.1, 0.15) is 10.5 Å². The highest BCUT2D eigenvalue weighted by Crippen LogP contribution is 1.90. The molecule has 1 aromatic heterocycles. The van der Waals surface area contributed by atoms with Crippen molar-refractivity contribution in [3.63, 3.8) is 0 Å². The molecule has 0 aliphatic rings. The molecule has 1 heterocycles. The number of amides is 1.